The molecule has 9 atom stereocenters. The number of rotatable bonds is 5. The Hall–Kier alpha value is -3.11. The van der Waals surface area contributed by atoms with E-state index in [-0.39, 0.29) is 5.76 Å². The summed E-state index contributed by atoms with van der Waals surface area (Å²) < 4.78 is 17.1. The van der Waals surface area contributed by atoms with Gasteiger partial charge in [0.05, 0.1) is 24.3 Å². The van der Waals surface area contributed by atoms with Crippen LogP contribution in [0.4, 0.5) is 0 Å². The van der Waals surface area contributed by atoms with Gasteiger partial charge in [-0.25, -0.2) is 0 Å². The van der Waals surface area contributed by atoms with Gasteiger partial charge in [-0.15, -0.1) is 0 Å². The van der Waals surface area contributed by atoms with Gasteiger partial charge in [0, 0.05) is 11.6 Å². The maximum atomic E-state index is 13.4. The molecule has 0 spiro atoms. The number of hydrogen-bond acceptors (Lipinski definition) is 13. The summed E-state index contributed by atoms with van der Waals surface area (Å²) in [5.41, 5.74) is -1.83. The van der Waals surface area contributed by atoms with Gasteiger partial charge in [-0.05, 0) is 0 Å². The smallest absolute Gasteiger partial charge is 0.197 e. The fourth-order valence-electron chi connectivity index (χ4n) is 5.16. The SMILES string of the molecule is O=c1cc(-c2ccccc2)oc2c([C@@H]3O[C@H](CO)[C@@H](O)[C@H](O)[C@H]3O)c(O)c([C@@H]3O[C@@H](CO)[C@H](O)[C@H]3O)c(O)c12. The predicted octanol–water partition coefficient (Wildman–Crippen LogP) is -1.46. The van der Waals surface area contributed by atoms with Gasteiger partial charge in [0.25, 0.3) is 0 Å². The lowest BCUT2D eigenvalue weighted by atomic mass is 9.87. The maximum Gasteiger partial charge on any atom is 0.197 e. The number of benzene rings is 2. The number of aliphatic hydroxyl groups excluding tert-OH is 7. The molecule has 2 aliphatic heterocycles. The topological polar surface area (TPSA) is 231 Å². The van der Waals surface area contributed by atoms with Crippen molar-refractivity contribution in [3.63, 3.8) is 0 Å². The average molecular weight is 548 g/mol. The van der Waals surface area contributed by atoms with E-state index in [1.807, 2.05) is 0 Å². The number of phenols is 2. The van der Waals surface area contributed by atoms with Gasteiger partial charge in [-0.2, -0.15) is 0 Å². The zero-order valence-corrected chi connectivity index (χ0v) is 20.2. The van der Waals surface area contributed by atoms with Crippen molar-refractivity contribution in [1.29, 1.82) is 0 Å². The molecular weight excluding hydrogens is 520 g/mol. The Morgan fingerprint density at radius 3 is 1.79 bits per heavy atom. The van der Waals surface area contributed by atoms with Crippen molar-refractivity contribution in [3.8, 4) is 22.8 Å². The first-order valence-corrected chi connectivity index (χ1v) is 12.1. The van der Waals surface area contributed by atoms with Gasteiger partial charge in [0.1, 0.15) is 77.6 Å². The molecule has 13 heteroatoms. The van der Waals surface area contributed by atoms with Gasteiger partial charge in [0.15, 0.2) is 11.0 Å². The van der Waals surface area contributed by atoms with Crippen molar-refractivity contribution in [3.05, 3.63) is 57.7 Å². The van der Waals surface area contributed by atoms with Gasteiger partial charge in [0.2, 0.25) is 0 Å². The van der Waals surface area contributed by atoms with E-state index in [0.717, 1.165) is 6.07 Å². The monoisotopic (exact) mass is 548 g/mol. The molecule has 1 aromatic heterocycles. The Morgan fingerprint density at radius 2 is 1.23 bits per heavy atom. The van der Waals surface area contributed by atoms with Crippen molar-refractivity contribution in [2.45, 2.75) is 54.9 Å². The lowest BCUT2D eigenvalue weighted by molar-refractivity contribution is -0.231. The van der Waals surface area contributed by atoms with Gasteiger partial charge >= 0.3 is 0 Å². The molecular formula is C26H28O13. The summed E-state index contributed by atoms with van der Waals surface area (Å²) in [6.07, 6.45) is -15.0. The van der Waals surface area contributed by atoms with E-state index in [1.54, 1.807) is 30.3 Å². The summed E-state index contributed by atoms with van der Waals surface area (Å²) in [5.74, 6) is -1.73. The maximum absolute atomic E-state index is 13.4. The second kappa shape index (κ2) is 10.5. The standard InChI is InChI=1S/C26H28O13/c27-7-12-17(30)21(34)23(36)26(39-12)16-20(33)15(25-22(35)18(31)13(8-28)38-25)19(32)14-10(29)6-11(37-24(14)16)9-4-2-1-3-5-9/h1-6,12-13,17-18,21-23,25-28,30-36H,7-8H2/t12-,13+,17-,18+,21+,22-,23-,25+,26+/m1/s1. The first-order chi connectivity index (χ1) is 18.6. The van der Waals surface area contributed by atoms with Crippen LogP contribution in [0.25, 0.3) is 22.3 Å². The minimum atomic E-state index is -1.93. The third kappa shape index (κ3) is 4.37. The van der Waals surface area contributed by atoms with E-state index in [9.17, 15) is 50.8 Å². The molecule has 0 saturated carbocycles. The highest BCUT2D eigenvalue weighted by Gasteiger charge is 2.49. The van der Waals surface area contributed by atoms with E-state index >= 15 is 0 Å². The Morgan fingerprint density at radius 1 is 0.692 bits per heavy atom. The molecule has 0 unspecified atom stereocenters. The molecule has 3 aromatic rings. The lowest BCUT2D eigenvalue weighted by Gasteiger charge is -2.40. The zero-order chi connectivity index (χ0) is 28.2. The number of ether oxygens (including phenoxy) is 2. The molecule has 39 heavy (non-hydrogen) atoms. The first kappa shape index (κ1) is 27.5. The minimum Gasteiger partial charge on any atom is -0.507 e. The number of aliphatic hydroxyl groups is 7. The predicted molar refractivity (Wildman–Crippen MR) is 131 cm³/mol. The molecule has 2 aliphatic rings. The van der Waals surface area contributed by atoms with Crippen molar-refractivity contribution in [2.75, 3.05) is 13.2 Å². The third-order valence-electron chi connectivity index (χ3n) is 7.26. The van der Waals surface area contributed by atoms with Gasteiger partial charge < -0.3 is 59.8 Å². The van der Waals surface area contributed by atoms with Crippen molar-refractivity contribution in [1.82, 2.24) is 0 Å². The Bertz CT molecular complexity index is 1400. The summed E-state index contributed by atoms with van der Waals surface area (Å²) in [4.78, 5) is 13.4. The Balaban J connectivity index is 1.82. The molecule has 2 fully saturated rings. The first-order valence-electron chi connectivity index (χ1n) is 12.1. The van der Waals surface area contributed by atoms with Crippen LogP contribution < -0.4 is 5.43 Å². The van der Waals surface area contributed by atoms with Crippen LogP contribution >= 0.6 is 0 Å². The van der Waals surface area contributed by atoms with E-state index in [4.69, 9.17) is 13.9 Å². The van der Waals surface area contributed by atoms with Crippen LogP contribution in [0.2, 0.25) is 0 Å². The van der Waals surface area contributed by atoms with Crippen LogP contribution in [-0.4, -0.2) is 102 Å². The molecule has 13 nitrogen and oxygen atoms in total. The summed E-state index contributed by atoms with van der Waals surface area (Å²) >= 11 is 0. The highest BCUT2D eigenvalue weighted by atomic mass is 16.6. The van der Waals surface area contributed by atoms with Crippen LogP contribution in [0.5, 0.6) is 11.5 Å². The molecule has 5 rings (SSSR count). The molecule has 2 saturated heterocycles. The van der Waals surface area contributed by atoms with Crippen LogP contribution in [-0.2, 0) is 9.47 Å². The summed E-state index contributed by atoms with van der Waals surface area (Å²) in [6.45, 7) is -1.51. The number of fused-ring (bicyclic) bond motifs is 1. The second-order valence-corrected chi connectivity index (χ2v) is 9.58. The van der Waals surface area contributed by atoms with E-state index < -0.39 is 107 Å². The molecule has 2 aromatic carbocycles. The highest BCUT2D eigenvalue weighted by Crippen LogP contribution is 2.51. The Kier molecular flexibility index (Phi) is 7.37. The molecule has 0 aliphatic carbocycles. The molecule has 0 radical (unpaired) electrons. The molecule has 210 valence electrons. The molecule has 9 N–H and O–H groups in total. The summed E-state index contributed by atoms with van der Waals surface area (Å²) in [5, 5.41) is 93.7. The molecule has 3 heterocycles. The van der Waals surface area contributed by atoms with E-state index in [1.165, 1.54) is 0 Å². The lowest BCUT2D eigenvalue weighted by Crippen LogP contribution is -2.55. The largest absolute Gasteiger partial charge is 0.507 e. The van der Waals surface area contributed by atoms with Gasteiger partial charge in [-0.3, -0.25) is 4.79 Å². The number of aromatic hydroxyl groups is 2. The quantitative estimate of drug-likeness (QED) is 0.178. The van der Waals surface area contributed by atoms with Crippen LogP contribution in [0.3, 0.4) is 0 Å². The average Bonchev–Trinajstić information content (AvgIpc) is 3.21. The van der Waals surface area contributed by atoms with Crippen LogP contribution in [0.15, 0.2) is 45.6 Å². The Labute approximate surface area is 220 Å². The summed E-state index contributed by atoms with van der Waals surface area (Å²) in [7, 11) is 0. The zero-order valence-electron chi connectivity index (χ0n) is 20.2. The van der Waals surface area contributed by atoms with Crippen molar-refractivity contribution >= 4 is 11.0 Å². The van der Waals surface area contributed by atoms with Crippen molar-refractivity contribution < 1.29 is 59.8 Å². The second-order valence-electron chi connectivity index (χ2n) is 9.58. The fraction of sp³-hybridized carbons (Fsp3) is 0.423. The number of phenolic OH excluding ortho intramolecular Hbond substituents is 2. The number of hydrogen-bond donors (Lipinski definition) is 9. The normalized spacial score (nSPS) is 33.1. The molecule has 0 amide bonds. The summed E-state index contributed by atoms with van der Waals surface area (Å²) in [6, 6.07) is 9.42. The van der Waals surface area contributed by atoms with Crippen molar-refractivity contribution in [2.24, 2.45) is 0 Å². The van der Waals surface area contributed by atoms with E-state index in [0.29, 0.717) is 5.56 Å². The van der Waals surface area contributed by atoms with Crippen LogP contribution in [0.1, 0.15) is 23.3 Å². The fourth-order valence-corrected chi connectivity index (χ4v) is 5.16. The molecule has 0 bridgehead atoms. The van der Waals surface area contributed by atoms with Gasteiger partial charge in [-0.1, -0.05) is 30.3 Å². The van der Waals surface area contributed by atoms with E-state index in [2.05, 4.69) is 0 Å². The highest BCUT2D eigenvalue weighted by molar-refractivity contribution is 5.91. The third-order valence-corrected chi connectivity index (χ3v) is 7.26. The van der Waals surface area contributed by atoms with Crippen LogP contribution in [0, 0.1) is 0 Å². The minimum absolute atomic E-state index is 0.0124.